The minimum absolute atomic E-state index is 0.153. The maximum absolute atomic E-state index is 10.4. The van der Waals surface area contributed by atoms with Crippen molar-refractivity contribution in [2.45, 2.75) is 33.2 Å². The van der Waals surface area contributed by atoms with Gasteiger partial charge in [-0.2, -0.15) is 0 Å². The van der Waals surface area contributed by atoms with E-state index in [1.807, 2.05) is 11.2 Å². The number of hydrogen-bond donors (Lipinski definition) is 1. The van der Waals surface area contributed by atoms with Crippen molar-refractivity contribution in [3.63, 3.8) is 0 Å². The average Bonchev–Trinajstić information content (AvgIpc) is 1.90. The van der Waals surface area contributed by atoms with Crippen molar-refractivity contribution in [3.05, 3.63) is 0 Å². The topological polar surface area (TPSA) is 20.3 Å². The quantitative estimate of drug-likeness (QED) is 0.590. The van der Waals surface area contributed by atoms with Crippen LogP contribution >= 0.6 is 0 Å². The molecule has 0 radical (unpaired) electrons. The zero-order chi connectivity index (χ0) is 7.28. The molecule has 0 aromatic carbocycles. The Morgan fingerprint density at radius 3 is 2.22 bits per heavy atom. The van der Waals surface area contributed by atoms with Gasteiger partial charge in [-0.1, -0.05) is 13.8 Å². The second-order valence-electron chi connectivity index (χ2n) is 2.09. The van der Waals surface area contributed by atoms with Crippen LogP contribution in [0.2, 0.25) is 0 Å². The molecule has 0 aromatic rings. The van der Waals surface area contributed by atoms with E-state index in [9.17, 15) is 4.21 Å². The van der Waals surface area contributed by atoms with Crippen LogP contribution in [0.1, 0.15) is 27.2 Å². The molecule has 0 N–H and O–H groups in total. The number of nitrogens with zero attached hydrogens (tertiary/aromatic N) is 1. The van der Waals surface area contributed by atoms with E-state index in [2.05, 4.69) is 13.8 Å². The molecule has 0 aliphatic heterocycles. The van der Waals surface area contributed by atoms with Crippen LogP contribution in [0.3, 0.4) is 0 Å². The molecule has 0 aliphatic rings. The van der Waals surface area contributed by atoms with Gasteiger partial charge >= 0.3 is 0 Å². The van der Waals surface area contributed by atoms with Crippen LogP contribution in [0.25, 0.3) is 0 Å². The van der Waals surface area contributed by atoms with Crippen LogP contribution < -0.4 is 0 Å². The molecule has 0 spiro atoms. The minimum Gasteiger partial charge on any atom is -0.246 e. The molecular weight excluding hydrogens is 134 g/mol. The Hall–Kier alpha value is 0.110. The first-order valence-corrected chi connectivity index (χ1v) is 4.12. The predicted octanol–water partition coefficient (Wildman–Crippen LogP) is 0.967. The molecule has 2 nitrogen and oxygen atoms in total. The largest absolute Gasteiger partial charge is 0.246 e. The Balaban J connectivity index is 3.63. The lowest BCUT2D eigenvalue weighted by Crippen LogP contribution is -2.28. The Morgan fingerprint density at radius 1 is 1.56 bits per heavy atom. The minimum atomic E-state index is 0.153. The summed E-state index contributed by atoms with van der Waals surface area (Å²) in [5.41, 5.74) is 0. The van der Waals surface area contributed by atoms with Crippen LogP contribution in [0.15, 0.2) is 0 Å². The summed E-state index contributed by atoms with van der Waals surface area (Å²) >= 11 is 0.153. The van der Waals surface area contributed by atoms with Crippen LogP contribution in [-0.4, -0.2) is 21.1 Å². The maximum Gasteiger partial charge on any atom is 0.0810 e. The summed E-state index contributed by atoms with van der Waals surface area (Å²) in [5.74, 6) is 0. The van der Waals surface area contributed by atoms with E-state index in [-0.39, 0.29) is 11.9 Å². The third-order valence-corrected chi connectivity index (χ3v) is 2.42. The second kappa shape index (κ2) is 4.94. The predicted molar refractivity (Wildman–Crippen MR) is 41.7 cm³/mol. The molecule has 9 heavy (non-hydrogen) atoms. The van der Waals surface area contributed by atoms with E-state index in [0.717, 1.165) is 13.0 Å². The summed E-state index contributed by atoms with van der Waals surface area (Å²) in [5, 5.41) is 0. The van der Waals surface area contributed by atoms with Gasteiger partial charge in [0.1, 0.15) is 0 Å². The molecule has 0 heterocycles. The van der Waals surface area contributed by atoms with Crippen LogP contribution in [-0.2, 0) is 11.9 Å². The third-order valence-electron chi connectivity index (χ3n) is 1.53. The Morgan fingerprint density at radius 2 is 2.11 bits per heavy atom. The van der Waals surface area contributed by atoms with E-state index in [1.54, 1.807) is 0 Å². The smallest absolute Gasteiger partial charge is 0.0810 e. The summed E-state index contributed by atoms with van der Waals surface area (Å²) in [6, 6.07) is 0.439. The molecule has 0 aliphatic carbocycles. The van der Waals surface area contributed by atoms with Gasteiger partial charge in [-0.15, -0.1) is 0 Å². The molecule has 1 unspecified atom stereocenters. The summed E-state index contributed by atoms with van der Waals surface area (Å²) < 4.78 is 12.2. The zero-order valence-corrected chi connectivity index (χ0v) is 7.19. The molecule has 0 saturated heterocycles. The SMILES string of the molecule is CCC(C)N(CC)[SH]=O. The molecule has 1 atom stereocenters. The van der Waals surface area contributed by atoms with E-state index in [4.69, 9.17) is 0 Å². The van der Waals surface area contributed by atoms with Gasteiger partial charge < -0.3 is 0 Å². The van der Waals surface area contributed by atoms with E-state index in [1.165, 1.54) is 0 Å². The number of thiol groups is 1. The van der Waals surface area contributed by atoms with E-state index < -0.39 is 0 Å². The molecule has 0 rings (SSSR count). The van der Waals surface area contributed by atoms with Crippen molar-refractivity contribution in [2.75, 3.05) is 6.54 Å². The number of hydrogen-bond acceptors (Lipinski definition) is 1. The lowest BCUT2D eigenvalue weighted by molar-refractivity contribution is 0.371. The van der Waals surface area contributed by atoms with Crippen molar-refractivity contribution < 1.29 is 4.21 Å². The molecule has 56 valence electrons. The third kappa shape index (κ3) is 2.96. The standard InChI is InChI=1S/C6H15NOS/c1-4-6(3)7(5-2)9-8/h6,9H,4-5H2,1-3H3. The first-order valence-electron chi connectivity index (χ1n) is 3.36. The van der Waals surface area contributed by atoms with Gasteiger partial charge in [-0.05, 0) is 13.3 Å². The van der Waals surface area contributed by atoms with Crippen molar-refractivity contribution in [1.82, 2.24) is 4.31 Å². The van der Waals surface area contributed by atoms with Crippen molar-refractivity contribution in [2.24, 2.45) is 0 Å². The highest BCUT2D eigenvalue weighted by Gasteiger charge is 2.06. The highest BCUT2D eigenvalue weighted by Crippen LogP contribution is 1.99. The van der Waals surface area contributed by atoms with Gasteiger partial charge in [-0.3, -0.25) is 0 Å². The van der Waals surface area contributed by atoms with Gasteiger partial charge in [-0.25, -0.2) is 8.51 Å². The van der Waals surface area contributed by atoms with Gasteiger partial charge in [0.15, 0.2) is 0 Å². The van der Waals surface area contributed by atoms with E-state index in [0.29, 0.717) is 6.04 Å². The van der Waals surface area contributed by atoms with Gasteiger partial charge in [0.25, 0.3) is 0 Å². The highest BCUT2D eigenvalue weighted by atomic mass is 32.2. The molecule has 0 bridgehead atoms. The summed E-state index contributed by atoms with van der Waals surface area (Å²) in [6.07, 6.45) is 1.06. The molecule has 0 aromatic heterocycles. The first kappa shape index (κ1) is 9.11. The Bertz CT molecular complexity index is 87.1. The Labute approximate surface area is 60.9 Å². The molecule has 0 amide bonds. The lowest BCUT2D eigenvalue weighted by atomic mass is 10.3. The molecule has 0 fully saturated rings. The fourth-order valence-corrected chi connectivity index (χ4v) is 1.10. The lowest BCUT2D eigenvalue weighted by Gasteiger charge is -2.18. The molecular formula is C6H15NOS. The monoisotopic (exact) mass is 149 g/mol. The first-order chi connectivity index (χ1) is 4.26. The average molecular weight is 149 g/mol. The van der Waals surface area contributed by atoms with Crippen LogP contribution in [0.4, 0.5) is 0 Å². The summed E-state index contributed by atoms with van der Waals surface area (Å²) in [4.78, 5) is 0. The van der Waals surface area contributed by atoms with Crippen LogP contribution in [0, 0.1) is 0 Å². The van der Waals surface area contributed by atoms with Gasteiger partial charge in [0, 0.05) is 12.6 Å². The molecule has 0 saturated carbocycles. The van der Waals surface area contributed by atoms with Gasteiger partial charge in [0.2, 0.25) is 0 Å². The summed E-state index contributed by atoms with van der Waals surface area (Å²) in [7, 11) is 0. The summed E-state index contributed by atoms with van der Waals surface area (Å²) in [6.45, 7) is 7.05. The Kier molecular flexibility index (Phi) is 5.00. The fourth-order valence-electron chi connectivity index (χ4n) is 0.661. The molecule has 3 heteroatoms. The van der Waals surface area contributed by atoms with Crippen molar-refractivity contribution >= 4 is 11.9 Å². The fraction of sp³-hybridized carbons (Fsp3) is 1.00. The van der Waals surface area contributed by atoms with E-state index >= 15 is 0 Å². The van der Waals surface area contributed by atoms with Crippen molar-refractivity contribution in [3.8, 4) is 0 Å². The maximum atomic E-state index is 10.4. The zero-order valence-electron chi connectivity index (χ0n) is 6.29. The normalized spacial score (nSPS) is 14.2. The van der Waals surface area contributed by atoms with Crippen molar-refractivity contribution in [1.29, 1.82) is 0 Å². The van der Waals surface area contributed by atoms with Gasteiger partial charge in [0.05, 0.1) is 11.9 Å². The number of rotatable bonds is 4. The highest BCUT2D eigenvalue weighted by molar-refractivity contribution is 7.63. The second-order valence-corrected chi connectivity index (χ2v) is 2.77. The van der Waals surface area contributed by atoms with Crippen LogP contribution in [0.5, 0.6) is 0 Å².